The molecule has 0 radical (unpaired) electrons. The first-order chi connectivity index (χ1) is 13.0. The van der Waals surface area contributed by atoms with Crippen molar-refractivity contribution in [3.63, 3.8) is 0 Å². The number of aliphatic hydroxyl groups is 1. The predicted octanol–water partition coefficient (Wildman–Crippen LogP) is 3.58. The molecule has 4 aromatic rings. The van der Waals surface area contributed by atoms with E-state index >= 15 is 0 Å². The van der Waals surface area contributed by atoms with Crippen molar-refractivity contribution in [2.75, 3.05) is 11.9 Å². The SMILES string of the molecule is Cc1cc(Nc2nc3c(cc2Cl)ncn3[C@@H](CO)c2ccc(F)cc2)n[nH]1. The van der Waals surface area contributed by atoms with Gasteiger partial charge < -0.3 is 15.0 Å². The summed E-state index contributed by atoms with van der Waals surface area (Å²) in [6.07, 6.45) is 1.58. The molecule has 0 bridgehead atoms. The van der Waals surface area contributed by atoms with Gasteiger partial charge in [-0.1, -0.05) is 23.7 Å². The van der Waals surface area contributed by atoms with Crippen LogP contribution < -0.4 is 5.32 Å². The van der Waals surface area contributed by atoms with E-state index in [0.717, 1.165) is 11.3 Å². The van der Waals surface area contributed by atoms with Crippen molar-refractivity contribution in [2.45, 2.75) is 13.0 Å². The molecular formula is C18H16ClFN6O. The highest BCUT2D eigenvalue weighted by atomic mass is 35.5. The number of anilines is 2. The number of benzene rings is 1. The monoisotopic (exact) mass is 386 g/mol. The molecule has 0 aliphatic heterocycles. The Bertz CT molecular complexity index is 1090. The molecule has 0 saturated heterocycles. The maximum atomic E-state index is 13.2. The topological polar surface area (TPSA) is 91.7 Å². The predicted molar refractivity (Wildman–Crippen MR) is 101 cm³/mol. The summed E-state index contributed by atoms with van der Waals surface area (Å²) in [6, 6.07) is 9.04. The Hall–Kier alpha value is -2.97. The maximum absolute atomic E-state index is 13.2. The Morgan fingerprint density at radius 1 is 1.30 bits per heavy atom. The molecule has 4 rings (SSSR count). The van der Waals surface area contributed by atoms with E-state index in [-0.39, 0.29) is 12.4 Å². The van der Waals surface area contributed by atoms with Crippen LogP contribution in [0.25, 0.3) is 11.2 Å². The lowest BCUT2D eigenvalue weighted by atomic mass is 10.1. The Labute approximate surface area is 158 Å². The van der Waals surface area contributed by atoms with Gasteiger partial charge in [0, 0.05) is 11.8 Å². The number of aromatic nitrogens is 5. The molecule has 7 nitrogen and oxygen atoms in total. The van der Waals surface area contributed by atoms with Crippen LogP contribution >= 0.6 is 11.6 Å². The van der Waals surface area contributed by atoms with Crippen molar-refractivity contribution in [1.29, 1.82) is 0 Å². The Kier molecular flexibility index (Phi) is 4.51. The number of hydrogen-bond acceptors (Lipinski definition) is 5. The number of imidazole rings is 1. The van der Waals surface area contributed by atoms with Gasteiger partial charge in [0.25, 0.3) is 0 Å². The average Bonchev–Trinajstić information content (AvgIpc) is 3.24. The van der Waals surface area contributed by atoms with E-state index in [0.29, 0.717) is 27.8 Å². The van der Waals surface area contributed by atoms with Gasteiger partial charge in [-0.15, -0.1) is 0 Å². The van der Waals surface area contributed by atoms with Gasteiger partial charge in [0.15, 0.2) is 17.3 Å². The minimum absolute atomic E-state index is 0.192. The molecule has 0 aliphatic rings. The summed E-state index contributed by atoms with van der Waals surface area (Å²) in [5.74, 6) is 0.675. The molecule has 0 aliphatic carbocycles. The summed E-state index contributed by atoms with van der Waals surface area (Å²) < 4.78 is 15.0. The molecule has 3 heterocycles. The van der Waals surface area contributed by atoms with Gasteiger partial charge in [0.1, 0.15) is 11.3 Å². The molecular weight excluding hydrogens is 371 g/mol. The number of nitrogens with zero attached hydrogens (tertiary/aromatic N) is 4. The summed E-state index contributed by atoms with van der Waals surface area (Å²) in [6.45, 7) is 1.70. The van der Waals surface area contributed by atoms with Crippen molar-refractivity contribution in [3.8, 4) is 0 Å². The Morgan fingerprint density at radius 2 is 2.07 bits per heavy atom. The molecule has 27 heavy (non-hydrogen) atoms. The van der Waals surface area contributed by atoms with E-state index in [1.165, 1.54) is 12.1 Å². The average molecular weight is 387 g/mol. The lowest BCUT2D eigenvalue weighted by Gasteiger charge is -2.17. The highest BCUT2D eigenvalue weighted by Crippen LogP contribution is 2.29. The molecule has 3 aromatic heterocycles. The molecule has 0 unspecified atom stereocenters. The summed E-state index contributed by atoms with van der Waals surface area (Å²) in [7, 11) is 0. The molecule has 9 heteroatoms. The first kappa shape index (κ1) is 17.4. The van der Waals surface area contributed by atoms with Crippen LogP contribution in [0.1, 0.15) is 17.3 Å². The third-order valence-corrected chi connectivity index (χ3v) is 4.51. The number of aromatic amines is 1. The lowest BCUT2D eigenvalue weighted by molar-refractivity contribution is 0.251. The van der Waals surface area contributed by atoms with Crippen molar-refractivity contribution in [1.82, 2.24) is 24.7 Å². The van der Waals surface area contributed by atoms with E-state index in [4.69, 9.17) is 11.6 Å². The number of H-pyrrole nitrogens is 1. The van der Waals surface area contributed by atoms with E-state index in [9.17, 15) is 9.50 Å². The molecule has 0 fully saturated rings. The van der Waals surface area contributed by atoms with Crippen LogP contribution in [0.4, 0.5) is 16.0 Å². The van der Waals surface area contributed by atoms with Gasteiger partial charge in [-0.05, 0) is 30.7 Å². The van der Waals surface area contributed by atoms with E-state index in [2.05, 4.69) is 25.5 Å². The van der Waals surface area contributed by atoms with Crippen LogP contribution in [0.5, 0.6) is 0 Å². The zero-order chi connectivity index (χ0) is 19.0. The van der Waals surface area contributed by atoms with E-state index in [1.807, 2.05) is 13.0 Å². The summed E-state index contributed by atoms with van der Waals surface area (Å²) in [4.78, 5) is 8.89. The van der Waals surface area contributed by atoms with Crippen LogP contribution in [0, 0.1) is 12.7 Å². The van der Waals surface area contributed by atoms with Crippen LogP contribution in [-0.4, -0.2) is 36.4 Å². The summed E-state index contributed by atoms with van der Waals surface area (Å²) >= 11 is 6.31. The fraction of sp³-hybridized carbons (Fsp3) is 0.167. The zero-order valence-electron chi connectivity index (χ0n) is 14.3. The number of pyridine rings is 1. The maximum Gasteiger partial charge on any atom is 0.162 e. The van der Waals surface area contributed by atoms with Crippen molar-refractivity contribution < 1.29 is 9.50 Å². The molecule has 138 valence electrons. The normalized spacial score (nSPS) is 12.4. The third kappa shape index (κ3) is 3.36. The molecule has 0 saturated carbocycles. The standard InChI is InChI=1S/C18H16ClFN6O/c1-10-6-16(25-24-10)22-17-13(19)7-14-18(23-17)26(9-21-14)15(8-27)11-2-4-12(20)5-3-11/h2-7,9,15,27H,8H2,1H3,(H2,22,23,24,25)/t15-/m0/s1. The first-order valence-electron chi connectivity index (χ1n) is 8.23. The number of hydrogen-bond donors (Lipinski definition) is 3. The molecule has 0 amide bonds. The van der Waals surface area contributed by atoms with Crippen LogP contribution in [0.15, 0.2) is 42.7 Å². The number of aliphatic hydroxyl groups excluding tert-OH is 1. The van der Waals surface area contributed by atoms with Crippen molar-refractivity contribution >= 4 is 34.4 Å². The quantitative estimate of drug-likeness (QED) is 0.487. The minimum atomic E-state index is -0.454. The number of halogens is 2. The number of nitrogens with one attached hydrogen (secondary N) is 2. The molecule has 3 N–H and O–H groups in total. The zero-order valence-corrected chi connectivity index (χ0v) is 15.1. The lowest BCUT2D eigenvalue weighted by Crippen LogP contribution is -2.14. The fourth-order valence-corrected chi connectivity index (χ4v) is 3.08. The van der Waals surface area contributed by atoms with E-state index in [1.54, 1.807) is 29.1 Å². The number of aryl methyl sites for hydroxylation is 1. The summed E-state index contributed by atoms with van der Waals surface area (Å²) in [5.41, 5.74) is 2.77. The van der Waals surface area contributed by atoms with Gasteiger partial charge >= 0.3 is 0 Å². The van der Waals surface area contributed by atoms with Crippen LogP contribution in [0.2, 0.25) is 5.02 Å². The minimum Gasteiger partial charge on any atom is -0.394 e. The first-order valence-corrected chi connectivity index (χ1v) is 8.61. The smallest absolute Gasteiger partial charge is 0.162 e. The van der Waals surface area contributed by atoms with Gasteiger partial charge in [-0.3, -0.25) is 5.10 Å². The highest BCUT2D eigenvalue weighted by Gasteiger charge is 2.18. The molecule has 1 aromatic carbocycles. The van der Waals surface area contributed by atoms with Crippen molar-refractivity contribution in [3.05, 3.63) is 64.8 Å². The Balaban J connectivity index is 1.76. The van der Waals surface area contributed by atoms with Gasteiger partial charge in [0.05, 0.1) is 24.0 Å². The largest absolute Gasteiger partial charge is 0.394 e. The fourth-order valence-electron chi connectivity index (χ4n) is 2.89. The van der Waals surface area contributed by atoms with E-state index < -0.39 is 6.04 Å². The summed E-state index contributed by atoms with van der Waals surface area (Å²) in [5, 5.41) is 20.3. The molecule has 0 spiro atoms. The van der Waals surface area contributed by atoms with Crippen LogP contribution in [-0.2, 0) is 0 Å². The van der Waals surface area contributed by atoms with Gasteiger partial charge in [-0.25, -0.2) is 14.4 Å². The van der Waals surface area contributed by atoms with Crippen LogP contribution in [0.3, 0.4) is 0 Å². The van der Waals surface area contributed by atoms with Gasteiger partial charge in [0.2, 0.25) is 0 Å². The second kappa shape index (κ2) is 6.98. The second-order valence-electron chi connectivity index (χ2n) is 6.12. The Morgan fingerprint density at radius 3 is 2.74 bits per heavy atom. The highest BCUT2D eigenvalue weighted by molar-refractivity contribution is 6.33. The third-order valence-electron chi connectivity index (χ3n) is 4.22. The second-order valence-corrected chi connectivity index (χ2v) is 6.53. The number of fused-ring (bicyclic) bond motifs is 1. The molecule has 1 atom stereocenters. The van der Waals surface area contributed by atoms with Crippen molar-refractivity contribution in [2.24, 2.45) is 0 Å². The van der Waals surface area contributed by atoms with Gasteiger partial charge in [-0.2, -0.15) is 5.10 Å². The number of rotatable bonds is 5.